The summed E-state index contributed by atoms with van der Waals surface area (Å²) in [7, 11) is 1.59. The highest BCUT2D eigenvalue weighted by molar-refractivity contribution is 6.31. The lowest BCUT2D eigenvalue weighted by molar-refractivity contribution is 0.393. The molecular formula is C14H17ClN4O. The van der Waals surface area contributed by atoms with Crippen LogP contribution in [-0.4, -0.2) is 28.6 Å². The summed E-state index contributed by atoms with van der Waals surface area (Å²) >= 11 is 6.17. The Morgan fingerprint density at radius 2 is 2.25 bits per heavy atom. The highest BCUT2D eigenvalue weighted by Gasteiger charge is 2.15. The number of rotatable bonds is 6. The molecule has 5 nitrogen and oxygen atoms in total. The minimum Gasteiger partial charge on any atom is -0.481 e. The van der Waals surface area contributed by atoms with Crippen molar-refractivity contribution in [2.45, 2.75) is 19.4 Å². The fraction of sp³-hybridized carbons (Fsp3) is 0.357. The van der Waals surface area contributed by atoms with Gasteiger partial charge in [0.15, 0.2) is 0 Å². The van der Waals surface area contributed by atoms with Crippen LogP contribution in [-0.2, 0) is 6.42 Å². The lowest BCUT2D eigenvalue weighted by atomic mass is 10.0. The van der Waals surface area contributed by atoms with Gasteiger partial charge in [0.05, 0.1) is 23.9 Å². The summed E-state index contributed by atoms with van der Waals surface area (Å²) < 4.78 is 5.14. The molecule has 106 valence electrons. The number of halogens is 1. The van der Waals surface area contributed by atoms with E-state index in [1.165, 1.54) is 6.33 Å². The van der Waals surface area contributed by atoms with Crippen LogP contribution in [0.4, 0.5) is 0 Å². The fourth-order valence-corrected chi connectivity index (χ4v) is 2.17. The molecule has 0 saturated heterocycles. The first-order valence-electron chi connectivity index (χ1n) is 6.42. The molecule has 2 rings (SSSR count). The zero-order valence-electron chi connectivity index (χ0n) is 11.5. The van der Waals surface area contributed by atoms with E-state index in [9.17, 15) is 0 Å². The molecule has 2 aromatic heterocycles. The van der Waals surface area contributed by atoms with Gasteiger partial charge in [0.2, 0.25) is 5.88 Å². The molecule has 1 unspecified atom stereocenters. The predicted molar refractivity (Wildman–Crippen MR) is 78.0 cm³/mol. The summed E-state index contributed by atoms with van der Waals surface area (Å²) in [5.41, 5.74) is 1.91. The van der Waals surface area contributed by atoms with Gasteiger partial charge in [0.25, 0.3) is 0 Å². The Morgan fingerprint density at radius 1 is 1.40 bits per heavy atom. The Labute approximate surface area is 123 Å². The normalized spacial score (nSPS) is 12.2. The third-order valence-electron chi connectivity index (χ3n) is 2.96. The molecule has 0 aliphatic carbocycles. The van der Waals surface area contributed by atoms with Crippen molar-refractivity contribution >= 4 is 11.6 Å². The number of nitrogens with zero attached hydrogens (tertiary/aromatic N) is 3. The van der Waals surface area contributed by atoms with Crippen molar-refractivity contribution in [3.63, 3.8) is 0 Å². The van der Waals surface area contributed by atoms with E-state index in [0.29, 0.717) is 10.9 Å². The van der Waals surface area contributed by atoms with Gasteiger partial charge in [0.1, 0.15) is 6.33 Å². The standard InChI is InChI=1S/C14H17ClN4O/c1-3-17-12(6-10-4-5-16-8-11(10)15)13-7-14(20-2)19-9-18-13/h4-5,7-9,12,17H,3,6H2,1-2H3. The number of nitrogens with one attached hydrogen (secondary N) is 1. The maximum Gasteiger partial charge on any atom is 0.216 e. The molecule has 6 heteroatoms. The Hall–Kier alpha value is -1.72. The molecule has 1 N–H and O–H groups in total. The first-order chi connectivity index (χ1) is 9.74. The second-order valence-electron chi connectivity index (χ2n) is 4.27. The van der Waals surface area contributed by atoms with Gasteiger partial charge in [-0.3, -0.25) is 4.98 Å². The van der Waals surface area contributed by atoms with Crippen LogP contribution in [0.5, 0.6) is 5.88 Å². The summed E-state index contributed by atoms with van der Waals surface area (Å²) in [6.45, 7) is 2.89. The van der Waals surface area contributed by atoms with Crippen molar-refractivity contribution in [2.24, 2.45) is 0 Å². The number of hydrogen-bond acceptors (Lipinski definition) is 5. The average Bonchev–Trinajstić information content (AvgIpc) is 2.49. The van der Waals surface area contributed by atoms with Crippen molar-refractivity contribution in [3.8, 4) is 5.88 Å². The SMILES string of the molecule is CCNC(Cc1ccncc1Cl)c1cc(OC)ncn1. The van der Waals surface area contributed by atoms with Gasteiger partial charge in [-0.15, -0.1) is 0 Å². The quantitative estimate of drug-likeness (QED) is 0.886. The van der Waals surface area contributed by atoms with E-state index < -0.39 is 0 Å². The van der Waals surface area contributed by atoms with E-state index in [-0.39, 0.29) is 6.04 Å². The van der Waals surface area contributed by atoms with E-state index in [2.05, 4.69) is 27.2 Å². The van der Waals surface area contributed by atoms with Crippen LogP contribution in [0.2, 0.25) is 5.02 Å². The maximum absolute atomic E-state index is 6.17. The van der Waals surface area contributed by atoms with Crippen LogP contribution in [0.25, 0.3) is 0 Å². The van der Waals surface area contributed by atoms with Crippen LogP contribution in [0.15, 0.2) is 30.9 Å². The first-order valence-corrected chi connectivity index (χ1v) is 6.80. The predicted octanol–water partition coefficient (Wildman–Crippen LogP) is 2.43. The minimum absolute atomic E-state index is 0.0526. The Kier molecular flexibility index (Phi) is 5.26. The average molecular weight is 293 g/mol. The van der Waals surface area contributed by atoms with Crippen LogP contribution >= 0.6 is 11.6 Å². The fourth-order valence-electron chi connectivity index (χ4n) is 1.97. The molecular weight excluding hydrogens is 276 g/mol. The largest absolute Gasteiger partial charge is 0.481 e. The molecule has 0 radical (unpaired) electrons. The third-order valence-corrected chi connectivity index (χ3v) is 3.30. The van der Waals surface area contributed by atoms with Crippen LogP contribution in [0, 0.1) is 0 Å². The maximum atomic E-state index is 6.17. The highest BCUT2D eigenvalue weighted by atomic mass is 35.5. The summed E-state index contributed by atoms with van der Waals surface area (Å²) in [5, 5.41) is 4.06. The van der Waals surface area contributed by atoms with Gasteiger partial charge in [-0.25, -0.2) is 9.97 Å². The Balaban J connectivity index is 2.24. The van der Waals surface area contributed by atoms with E-state index in [0.717, 1.165) is 24.2 Å². The number of hydrogen-bond donors (Lipinski definition) is 1. The minimum atomic E-state index is 0.0526. The van der Waals surface area contributed by atoms with Crippen molar-refractivity contribution in [1.29, 1.82) is 0 Å². The molecule has 0 spiro atoms. The van der Waals surface area contributed by atoms with Gasteiger partial charge in [0, 0.05) is 18.5 Å². The molecule has 0 aromatic carbocycles. The van der Waals surface area contributed by atoms with Gasteiger partial charge in [-0.1, -0.05) is 18.5 Å². The zero-order valence-corrected chi connectivity index (χ0v) is 12.3. The molecule has 0 saturated carbocycles. The van der Waals surface area contributed by atoms with Crippen molar-refractivity contribution < 1.29 is 4.74 Å². The molecule has 0 aliphatic rings. The summed E-state index contributed by atoms with van der Waals surface area (Å²) in [6, 6.07) is 3.81. The third kappa shape index (κ3) is 3.65. The summed E-state index contributed by atoms with van der Waals surface area (Å²) in [6.07, 6.45) is 5.63. The molecule has 0 fully saturated rings. The number of aromatic nitrogens is 3. The molecule has 0 bridgehead atoms. The number of likely N-dealkylation sites (N-methyl/N-ethyl adjacent to an activating group) is 1. The summed E-state index contributed by atoms with van der Waals surface area (Å²) in [4.78, 5) is 12.3. The zero-order chi connectivity index (χ0) is 14.4. The molecule has 2 aromatic rings. The Bertz CT molecular complexity index is 564. The monoisotopic (exact) mass is 292 g/mol. The number of pyridine rings is 1. The van der Waals surface area contributed by atoms with Gasteiger partial charge in [-0.2, -0.15) is 0 Å². The number of ether oxygens (including phenoxy) is 1. The Morgan fingerprint density at radius 3 is 2.95 bits per heavy atom. The van der Waals surface area contributed by atoms with Gasteiger partial charge in [-0.05, 0) is 24.6 Å². The second-order valence-corrected chi connectivity index (χ2v) is 4.67. The number of methoxy groups -OCH3 is 1. The van der Waals surface area contributed by atoms with Gasteiger partial charge >= 0.3 is 0 Å². The van der Waals surface area contributed by atoms with Crippen molar-refractivity contribution in [1.82, 2.24) is 20.3 Å². The van der Waals surface area contributed by atoms with E-state index in [1.54, 1.807) is 19.5 Å². The summed E-state index contributed by atoms with van der Waals surface area (Å²) in [5.74, 6) is 0.554. The van der Waals surface area contributed by atoms with Crippen LogP contribution in [0.3, 0.4) is 0 Å². The van der Waals surface area contributed by atoms with Crippen LogP contribution < -0.4 is 10.1 Å². The second kappa shape index (κ2) is 7.17. The van der Waals surface area contributed by atoms with E-state index in [1.807, 2.05) is 12.1 Å². The lowest BCUT2D eigenvalue weighted by Crippen LogP contribution is -2.24. The van der Waals surface area contributed by atoms with Crippen molar-refractivity contribution in [2.75, 3.05) is 13.7 Å². The highest BCUT2D eigenvalue weighted by Crippen LogP contribution is 2.23. The van der Waals surface area contributed by atoms with Crippen molar-refractivity contribution in [3.05, 3.63) is 47.1 Å². The smallest absolute Gasteiger partial charge is 0.216 e. The lowest BCUT2D eigenvalue weighted by Gasteiger charge is -2.18. The van der Waals surface area contributed by atoms with Crippen LogP contribution in [0.1, 0.15) is 24.2 Å². The van der Waals surface area contributed by atoms with Gasteiger partial charge < -0.3 is 10.1 Å². The topological polar surface area (TPSA) is 59.9 Å². The van der Waals surface area contributed by atoms with E-state index in [4.69, 9.17) is 16.3 Å². The first kappa shape index (κ1) is 14.7. The molecule has 0 aliphatic heterocycles. The molecule has 0 amide bonds. The molecule has 20 heavy (non-hydrogen) atoms. The molecule has 1 atom stereocenters. The van der Waals surface area contributed by atoms with E-state index >= 15 is 0 Å². The molecule has 2 heterocycles.